The van der Waals surface area contributed by atoms with E-state index in [1.807, 2.05) is 11.9 Å². The summed E-state index contributed by atoms with van der Waals surface area (Å²) in [6.07, 6.45) is 0. The molecule has 1 aromatic carbocycles. The first-order valence-electron chi connectivity index (χ1n) is 5.93. The van der Waals surface area contributed by atoms with Gasteiger partial charge in [-0.15, -0.1) is 0 Å². The number of halogens is 2. The van der Waals surface area contributed by atoms with E-state index in [2.05, 4.69) is 4.74 Å². The lowest BCUT2D eigenvalue weighted by molar-refractivity contribution is -0.141. The molecule has 104 valence electrons. The van der Waals surface area contributed by atoms with E-state index in [4.69, 9.17) is 0 Å². The molecule has 2 unspecified atom stereocenters. The predicted molar refractivity (Wildman–Crippen MR) is 64.4 cm³/mol. The van der Waals surface area contributed by atoms with Crippen LogP contribution < -0.4 is 4.74 Å². The van der Waals surface area contributed by atoms with Crippen LogP contribution in [0.15, 0.2) is 24.3 Å². The smallest absolute Gasteiger partial charge is 0.387 e. The lowest BCUT2D eigenvalue weighted by atomic mass is 9.89. The number of carbonyl (C=O) groups is 1. The van der Waals surface area contributed by atoms with Gasteiger partial charge in [0.05, 0.1) is 5.92 Å². The van der Waals surface area contributed by atoms with Crippen LogP contribution >= 0.6 is 0 Å². The standard InChI is InChI=1S/C13H15F2NO3/c1-16-6-10(11(7-16)12(17)18)8-2-4-9(5-3-8)19-13(14)15/h2-5,10-11,13H,6-7H2,1H3,(H,17,18). The molecule has 0 saturated carbocycles. The number of alkyl halides is 2. The molecule has 1 N–H and O–H groups in total. The topological polar surface area (TPSA) is 49.8 Å². The van der Waals surface area contributed by atoms with E-state index in [0.717, 1.165) is 5.56 Å². The summed E-state index contributed by atoms with van der Waals surface area (Å²) in [5, 5.41) is 9.19. The second-order valence-corrected chi connectivity index (χ2v) is 4.72. The molecule has 2 atom stereocenters. The number of carboxylic acids is 1. The first kappa shape index (κ1) is 13.7. The number of aliphatic carboxylic acids is 1. The molecule has 0 bridgehead atoms. The summed E-state index contributed by atoms with van der Waals surface area (Å²) in [6, 6.07) is 6.19. The van der Waals surface area contributed by atoms with E-state index in [9.17, 15) is 18.7 Å². The Morgan fingerprint density at radius 3 is 2.53 bits per heavy atom. The molecule has 0 radical (unpaired) electrons. The largest absolute Gasteiger partial charge is 0.481 e. The molecule has 1 aliphatic rings. The number of likely N-dealkylation sites (tertiary alicyclic amines) is 1. The number of nitrogens with zero attached hydrogens (tertiary/aromatic N) is 1. The van der Waals surface area contributed by atoms with Crippen molar-refractivity contribution in [3.63, 3.8) is 0 Å². The van der Waals surface area contributed by atoms with Crippen molar-refractivity contribution in [2.24, 2.45) is 5.92 Å². The summed E-state index contributed by atoms with van der Waals surface area (Å²) in [6.45, 7) is -1.71. The van der Waals surface area contributed by atoms with E-state index in [1.165, 1.54) is 12.1 Å². The molecular weight excluding hydrogens is 256 g/mol. The second-order valence-electron chi connectivity index (χ2n) is 4.72. The predicted octanol–water partition coefficient (Wildman–Crippen LogP) is 2.02. The number of rotatable bonds is 4. The Morgan fingerprint density at radius 1 is 1.37 bits per heavy atom. The maximum absolute atomic E-state index is 12.0. The average molecular weight is 271 g/mol. The van der Waals surface area contributed by atoms with Gasteiger partial charge in [0, 0.05) is 19.0 Å². The van der Waals surface area contributed by atoms with E-state index >= 15 is 0 Å². The number of benzene rings is 1. The Bertz CT molecular complexity index is 450. The minimum atomic E-state index is -2.85. The molecule has 6 heteroatoms. The van der Waals surface area contributed by atoms with Crippen LogP contribution in [0.1, 0.15) is 11.5 Å². The number of carboxylic acid groups (broad SMARTS) is 1. The fourth-order valence-corrected chi connectivity index (χ4v) is 2.48. The molecule has 1 heterocycles. The molecule has 1 saturated heterocycles. The van der Waals surface area contributed by atoms with E-state index in [1.54, 1.807) is 12.1 Å². The highest BCUT2D eigenvalue weighted by Gasteiger charge is 2.36. The van der Waals surface area contributed by atoms with Gasteiger partial charge in [-0.05, 0) is 24.7 Å². The molecule has 19 heavy (non-hydrogen) atoms. The Labute approximate surface area is 109 Å². The highest BCUT2D eigenvalue weighted by Crippen LogP contribution is 2.33. The lowest BCUT2D eigenvalue weighted by Gasteiger charge is -2.15. The molecule has 0 aromatic heterocycles. The van der Waals surface area contributed by atoms with Crippen molar-refractivity contribution >= 4 is 5.97 Å². The van der Waals surface area contributed by atoms with Gasteiger partial charge >= 0.3 is 12.6 Å². The quantitative estimate of drug-likeness (QED) is 0.910. The summed E-state index contributed by atoms with van der Waals surface area (Å²) in [4.78, 5) is 13.1. The summed E-state index contributed by atoms with van der Waals surface area (Å²) in [5.41, 5.74) is 0.832. The zero-order valence-electron chi connectivity index (χ0n) is 10.4. The van der Waals surface area contributed by atoms with Crippen molar-refractivity contribution in [3.05, 3.63) is 29.8 Å². The average Bonchev–Trinajstić information content (AvgIpc) is 2.72. The van der Waals surface area contributed by atoms with Crippen LogP contribution in [0.4, 0.5) is 8.78 Å². The molecule has 4 nitrogen and oxygen atoms in total. The van der Waals surface area contributed by atoms with Crippen LogP contribution in [-0.4, -0.2) is 42.7 Å². The molecule has 1 aliphatic heterocycles. The van der Waals surface area contributed by atoms with Gasteiger partial charge in [0.15, 0.2) is 0 Å². The maximum atomic E-state index is 12.0. The zero-order valence-corrected chi connectivity index (χ0v) is 10.4. The zero-order chi connectivity index (χ0) is 14.0. The third-order valence-electron chi connectivity index (χ3n) is 3.35. The third-order valence-corrected chi connectivity index (χ3v) is 3.35. The summed E-state index contributed by atoms with van der Waals surface area (Å²) < 4.78 is 28.3. The molecule has 1 aromatic rings. The minimum Gasteiger partial charge on any atom is -0.481 e. The Morgan fingerprint density at radius 2 is 2.00 bits per heavy atom. The SMILES string of the molecule is CN1CC(C(=O)O)C(c2ccc(OC(F)F)cc2)C1. The van der Waals surface area contributed by atoms with Gasteiger partial charge in [-0.3, -0.25) is 4.79 Å². The lowest BCUT2D eigenvalue weighted by Crippen LogP contribution is -2.21. The van der Waals surface area contributed by atoms with Crippen molar-refractivity contribution in [1.82, 2.24) is 4.90 Å². The van der Waals surface area contributed by atoms with Crippen molar-refractivity contribution in [3.8, 4) is 5.75 Å². The van der Waals surface area contributed by atoms with Crippen LogP contribution in [0.5, 0.6) is 5.75 Å². The first-order chi connectivity index (χ1) is 8.97. The maximum Gasteiger partial charge on any atom is 0.387 e. The van der Waals surface area contributed by atoms with Gasteiger partial charge < -0.3 is 14.7 Å². The highest BCUT2D eigenvalue weighted by atomic mass is 19.3. The Hall–Kier alpha value is -1.69. The summed E-state index contributed by atoms with van der Waals surface area (Å²) >= 11 is 0. The van der Waals surface area contributed by atoms with Gasteiger partial charge in [0.25, 0.3) is 0 Å². The van der Waals surface area contributed by atoms with E-state index in [-0.39, 0.29) is 11.7 Å². The van der Waals surface area contributed by atoms with E-state index in [0.29, 0.717) is 13.1 Å². The molecule has 0 aliphatic carbocycles. The van der Waals surface area contributed by atoms with Gasteiger partial charge in [-0.2, -0.15) is 8.78 Å². The monoisotopic (exact) mass is 271 g/mol. The van der Waals surface area contributed by atoms with E-state index < -0.39 is 18.5 Å². The number of ether oxygens (including phenoxy) is 1. The summed E-state index contributed by atoms with van der Waals surface area (Å²) in [5.74, 6) is -1.34. The normalized spacial score (nSPS) is 23.8. The minimum absolute atomic E-state index is 0.0805. The second kappa shape index (κ2) is 5.52. The molecule has 0 amide bonds. The number of hydrogen-bond acceptors (Lipinski definition) is 3. The van der Waals surface area contributed by atoms with Crippen molar-refractivity contribution in [2.45, 2.75) is 12.5 Å². The fourth-order valence-electron chi connectivity index (χ4n) is 2.48. The number of likely N-dealkylation sites (N-methyl/N-ethyl adjacent to an activating group) is 1. The van der Waals surface area contributed by atoms with Gasteiger partial charge in [-0.1, -0.05) is 12.1 Å². The number of hydrogen-bond donors (Lipinski definition) is 1. The summed E-state index contributed by atoms with van der Waals surface area (Å²) in [7, 11) is 1.87. The van der Waals surface area contributed by atoms with Crippen molar-refractivity contribution in [2.75, 3.05) is 20.1 Å². The molecule has 0 spiro atoms. The van der Waals surface area contributed by atoms with Crippen LogP contribution in [0.3, 0.4) is 0 Å². The Balaban J connectivity index is 2.14. The van der Waals surface area contributed by atoms with Gasteiger partial charge in [-0.25, -0.2) is 0 Å². The van der Waals surface area contributed by atoms with Crippen LogP contribution in [0.2, 0.25) is 0 Å². The molecule has 1 fully saturated rings. The fraction of sp³-hybridized carbons (Fsp3) is 0.462. The molecular formula is C13H15F2NO3. The van der Waals surface area contributed by atoms with Crippen LogP contribution in [-0.2, 0) is 4.79 Å². The van der Waals surface area contributed by atoms with Gasteiger partial charge in [0.1, 0.15) is 5.75 Å². The van der Waals surface area contributed by atoms with Crippen LogP contribution in [0, 0.1) is 5.92 Å². The van der Waals surface area contributed by atoms with Crippen molar-refractivity contribution < 1.29 is 23.4 Å². The Kier molecular flexibility index (Phi) is 3.99. The van der Waals surface area contributed by atoms with Crippen LogP contribution in [0.25, 0.3) is 0 Å². The van der Waals surface area contributed by atoms with Gasteiger partial charge in [0.2, 0.25) is 0 Å². The molecule has 2 rings (SSSR count). The highest BCUT2D eigenvalue weighted by molar-refractivity contribution is 5.72. The third kappa shape index (κ3) is 3.20. The first-order valence-corrected chi connectivity index (χ1v) is 5.93. The van der Waals surface area contributed by atoms with Crippen molar-refractivity contribution in [1.29, 1.82) is 0 Å².